The monoisotopic (exact) mass is 434 g/mol. The lowest BCUT2D eigenvalue weighted by Crippen LogP contribution is -2.45. The van der Waals surface area contributed by atoms with Gasteiger partial charge in [-0.05, 0) is 74.2 Å². The van der Waals surface area contributed by atoms with Gasteiger partial charge in [0.15, 0.2) is 13.2 Å². The highest BCUT2D eigenvalue weighted by Crippen LogP contribution is 2.27. The Bertz CT molecular complexity index is 809. The maximum atomic E-state index is 11.9. The molecule has 0 saturated carbocycles. The summed E-state index contributed by atoms with van der Waals surface area (Å²) in [6.45, 7) is 7.30. The van der Waals surface area contributed by atoms with Crippen molar-refractivity contribution in [3.8, 4) is 11.5 Å². The van der Waals surface area contributed by atoms with Crippen molar-refractivity contribution in [2.45, 2.75) is 27.7 Å². The Morgan fingerprint density at radius 2 is 1.30 bits per heavy atom. The highest BCUT2D eigenvalue weighted by Gasteiger charge is 2.10. The van der Waals surface area contributed by atoms with Crippen LogP contribution in [0, 0.1) is 27.7 Å². The predicted octanol–water partition coefficient (Wildman–Crippen LogP) is 3.29. The van der Waals surface area contributed by atoms with Crippen molar-refractivity contribution < 1.29 is 19.1 Å². The first-order valence-electron chi connectivity index (χ1n) is 8.43. The molecule has 0 aromatic heterocycles. The zero-order valence-corrected chi connectivity index (χ0v) is 17.4. The van der Waals surface area contributed by atoms with Gasteiger partial charge in [-0.15, -0.1) is 0 Å². The van der Waals surface area contributed by atoms with Gasteiger partial charge in [-0.2, -0.15) is 0 Å². The van der Waals surface area contributed by atoms with E-state index >= 15 is 0 Å². The van der Waals surface area contributed by atoms with E-state index in [0.717, 1.165) is 26.7 Å². The number of hydrogen-bond acceptors (Lipinski definition) is 4. The fraction of sp³-hybridized carbons (Fsp3) is 0.300. The van der Waals surface area contributed by atoms with Gasteiger partial charge in [0.25, 0.3) is 11.8 Å². The number of carbonyl (C=O) groups excluding carboxylic acids is 2. The van der Waals surface area contributed by atoms with Crippen LogP contribution in [0.2, 0.25) is 0 Å². The lowest BCUT2D eigenvalue weighted by atomic mass is 10.1. The Labute approximate surface area is 167 Å². The second-order valence-corrected chi connectivity index (χ2v) is 7.28. The van der Waals surface area contributed by atoms with Crippen molar-refractivity contribution in [2.24, 2.45) is 0 Å². The SMILES string of the molecule is Cc1cc(C)cc(OCC(=O)NNC(=O)COc2c(C)cc(Br)cc2C)c1. The lowest BCUT2D eigenvalue weighted by molar-refractivity contribution is -0.131. The first kappa shape index (κ1) is 20.8. The molecule has 2 aromatic rings. The van der Waals surface area contributed by atoms with E-state index in [1.54, 1.807) is 0 Å². The average molecular weight is 435 g/mol. The van der Waals surface area contributed by atoms with Gasteiger partial charge in [0.05, 0.1) is 0 Å². The number of rotatable bonds is 6. The molecular formula is C20H23BrN2O4. The van der Waals surface area contributed by atoms with Crippen LogP contribution in [0.25, 0.3) is 0 Å². The van der Waals surface area contributed by atoms with Crippen LogP contribution in [-0.4, -0.2) is 25.0 Å². The predicted molar refractivity (Wildman–Crippen MR) is 107 cm³/mol. The zero-order chi connectivity index (χ0) is 20.0. The number of hydrazine groups is 1. The van der Waals surface area contributed by atoms with Crippen LogP contribution in [0.15, 0.2) is 34.8 Å². The van der Waals surface area contributed by atoms with E-state index in [1.807, 2.05) is 58.0 Å². The number of benzene rings is 2. The molecule has 0 unspecified atom stereocenters. The minimum Gasteiger partial charge on any atom is -0.484 e. The van der Waals surface area contributed by atoms with Gasteiger partial charge in [-0.25, -0.2) is 0 Å². The Kier molecular flexibility index (Phi) is 7.24. The van der Waals surface area contributed by atoms with Gasteiger partial charge in [0.2, 0.25) is 0 Å². The van der Waals surface area contributed by atoms with Crippen molar-refractivity contribution in [1.29, 1.82) is 0 Å². The molecule has 0 atom stereocenters. The third-order valence-electron chi connectivity index (χ3n) is 3.68. The largest absolute Gasteiger partial charge is 0.484 e. The smallest absolute Gasteiger partial charge is 0.276 e. The number of hydrogen-bond donors (Lipinski definition) is 2. The third-order valence-corrected chi connectivity index (χ3v) is 4.14. The molecule has 144 valence electrons. The van der Waals surface area contributed by atoms with Gasteiger partial charge < -0.3 is 9.47 Å². The molecule has 2 N–H and O–H groups in total. The van der Waals surface area contributed by atoms with Crippen molar-refractivity contribution in [3.63, 3.8) is 0 Å². The molecule has 0 heterocycles. The van der Waals surface area contributed by atoms with Crippen LogP contribution in [0.1, 0.15) is 22.3 Å². The summed E-state index contributed by atoms with van der Waals surface area (Å²) in [5.41, 5.74) is 8.55. The van der Waals surface area contributed by atoms with Crippen molar-refractivity contribution in [1.82, 2.24) is 10.9 Å². The second-order valence-electron chi connectivity index (χ2n) is 6.37. The van der Waals surface area contributed by atoms with Crippen LogP contribution in [-0.2, 0) is 9.59 Å². The van der Waals surface area contributed by atoms with Gasteiger partial charge in [-0.1, -0.05) is 22.0 Å². The Hall–Kier alpha value is -2.54. The minimum absolute atomic E-state index is 0.199. The molecule has 0 aliphatic rings. The van der Waals surface area contributed by atoms with Crippen LogP contribution < -0.4 is 20.3 Å². The van der Waals surface area contributed by atoms with Gasteiger partial charge in [-0.3, -0.25) is 20.4 Å². The van der Waals surface area contributed by atoms with E-state index < -0.39 is 11.8 Å². The summed E-state index contributed by atoms with van der Waals surface area (Å²) in [7, 11) is 0. The molecule has 0 bridgehead atoms. The van der Waals surface area contributed by atoms with E-state index in [2.05, 4.69) is 26.8 Å². The maximum Gasteiger partial charge on any atom is 0.276 e. The van der Waals surface area contributed by atoms with Gasteiger partial charge >= 0.3 is 0 Å². The summed E-state index contributed by atoms with van der Waals surface area (Å²) in [4.78, 5) is 23.7. The van der Waals surface area contributed by atoms with Crippen LogP contribution in [0.3, 0.4) is 0 Å². The third kappa shape index (κ3) is 6.60. The van der Waals surface area contributed by atoms with E-state index in [-0.39, 0.29) is 13.2 Å². The van der Waals surface area contributed by atoms with Crippen LogP contribution in [0.4, 0.5) is 0 Å². The molecular weight excluding hydrogens is 412 g/mol. The molecule has 0 fully saturated rings. The van der Waals surface area contributed by atoms with Gasteiger partial charge in [0.1, 0.15) is 11.5 Å². The molecule has 27 heavy (non-hydrogen) atoms. The fourth-order valence-electron chi connectivity index (χ4n) is 2.64. The topological polar surface area (TPSA) is 76.7 Å². The molecule has 0 saturated heterocycles. The summed E-state index contributed by atoms with van der Waals surface area (Å²) in [6, 6.07) is 9.52. The Morgan fingerprint density at radius 1 is 0.815 bits per heavy atom. The second kappa shape index (κ2) is 9.41. The zero-order valence-electron chi connectivity index (χ0n) is 15.8. The van der Waals surface area contributed by atoms with E-state index in [0.29, 0.717) is 11.5 Å². The highest BCUT2D eigenvalue weighted by molar-refractivity contribution is 9.10. The molecule has 7 heteroatoms. The number of halogens is 1. The summed E-state index contributed by atoms with van der Waals surface area (Å²) in [5, 5.41) is 0. The molecule has 0 aliphatic carbocycles. The van der Waals surface area contributed by atoms with Crippen LogP contribution in [0.5, 0.6) is 11.5 Å². The minimum atomic E-state index is -0.462. The number of carbonyl (C=O) groups is 2. The van der Waals surface area contributed by atoms with Crippen LogP contribution >= 0.6 is 15.9 Å². The van der Waals surface area contributed by atoms with Crippen molar-refractivity contribution in [3.05, 3.63) is 57.1 Å². The Morgan fingerprint density at radius 3 is 1.81 bits per heavy atom. The number of amides is 2. The first-order valence-corrected chi connectivity index (χ1v) is 9.22. The standard InChI is InChI=1S/C20H23BrN2O4/c1-12-5-13(2)7-17(6-12)26-10-18(24)22-23-19(25)11-27-20-14(3)8-16(21)9-15(20)4/h5-9H,10-11H2,1-4H3,(H,22,24)(H,23,25). The van der Waals surface area contributed by atoms with E-state index in [4.69, 9.17) is 9.47 Å². The fourth-order valence-corrected chi connectivity index (χ4v) is 3.33. The van der Waals surface area contributed by atoms with E-state index in [1.165, 1.54) is 0 Å². The lowest BCUT2D eigenvalue weighted by Gasteiger charge is -2.13. The highest BCUT2D eigenvalue weighted by atomic mass is 79.9. The van der Waals surface area contributed by atoms with E-state index in [9.17, 15) is 9.59 Å². The van der Waals surface area contributed by atoms with Gasteiger partial charge in [0, 0.05) is 4.47 Å². The molecule has 2 amide bonds. The number of nitrogens with one attached hydrogen (secondary N) is 2. The molecule has 0 aliphatic heterocycles. The molecule has 6 nitrogen and oxygen atoms in total. The first-order chi connectivity index (χ1) is 12.7. The average Bonchev–Trinajstić information content (AvgIpc) is 2.56. The normalized spacial score (nSPS) is 10.3. The molecule has 2 rings (SSSR count). The molecule has 0 radical (unpaired) electrons. The summed E-state index contributed by atoms with van der Waals surface area (Å²) >= 11 is 3.41. The Balaban J connectivity index is 1.76. The molecule has 2 aromatic carbocycles. The summed E-state index contributed by atoms with van der Waals surface area (Å²) in [6.07, 6.45) is 0. The van der Waals surface area contributed by atoms with Crippen molar-refractivity contribution in [2.75, 3.05) is 13.2 Å². The quantitative estimate of drug-likeness (QED) is 0.683. The molecule has 0 spiro atoms. The summed E-state index contributed by atoms with van der Waals surface area (Å²) < 4.78 is 11.9. The maximum absolute atomic E-state index is 11.9. The summed E-state index contributed by atoms with van der Waals surface area (Å²) in [5.74, 6) is 0.339. The number of ether oxygens (including phenoxy) is 2. The number of aryl methyl sites for hydroxylation is 4. The van der Waals surface area contributed by atoms with Crippen molar-refractivity contribution >= 4 is 27.7 Å².